The number of hydrogen-bond acceptors (Lipinski definition) is 3. The minimum Gasteiger partial charge on any atom is -0.357 e. The summed E-state index contributed by atoms with van der Waals surface area (Å²) >= 11 is 0. The summed E-state index contributed by atoms with van der Waals surface area (Å²) in [6, 6.07) is 26.8. The lowest BCUT2D eigenvalue weighted by Gasteiger charge is -2.35. The Balaban J connectivity index is 1.44. The first kappa shape index (κ1) is 17.4. The monoisotopic (exact) mass is 369 g/mol. The lowest BCUT2D eigenvalue weighted by molar-refractivity contribution is 0.0220. The van der Waals surface area contributed by atoms with Crippen molar-refractivity contribution in [1.29, 1.82) is 0 Å². The van der Waals surface area contributed by atoms with E-state index >= 15 is 0 Å². The first-order valence-corrected chi connectivity index (χ1v) is 9.94. The van der Waals surface area contributed by atoms with Crippen molar-refractivity contribution >= 4 is 5.78 Å². The fourth-order valence-corrected chi connectivity index (χ4v) is 4.51. The maximum atomic E-state index is 12.7. The normalized spacial score (nSPS) is 21.1. The van der Waals surface area contributed by atoms with Crippen LogP contribution in [0.4, 0.5) is 0 Å². The number of nitrogens with zero attached hydrogens (tertiary/aromatic N) is 1. The van der Waals surface area contributed by atoms with Gasteiger partial charge in [-0.2, -0.15) is 0 Å². The average molecular weight is 369 g/mol. The van der Waals surface area contributed by atoms with Crippen LogP contribution in [0.1, 0.15) is 34.1 Å². The van der Waals surface area contributed by atoms with Crippen LogP contribution >= 0.6 is 0 Å². The molecule has 5 rings (SSSR count). The molecule has 2 unspecified atom stereocenters. The van der Waals surface area contributed by atoms with E-state index in [4.69, 9.17) is 4.74 Å². The van der Waals surface area contributed by atoms with Gasteiger partial charge < -0.3 is 4.74 Å². The summed E-state index contributed by atoms with van der Waals surface area (Å²) in [5.41, 5.74) is 5.87. The molecule has 3 heteroatoms. The van der Waals surface area contributed by atoms with E-state index < -0.39 is 0 Å². The fourth-order valence-electron chi connectivity index (χ4n) is 4.51. The Morgan fingerprint density at radius 1 is 0.929 bits per heavy atom. The highest BCUT2D eigenvalue weighted by Crippen LogP contribution is 2.42. The molecule has 0 aliphatic carbocycles. The molecule has 0 radical (unpaired) electrons. The molecule has 3 nitrogen and oxygen atoms in total. The first-order valence-electron chi connectivity index (χ1n) is 9.94. The minimum atomic E-state index is -0.0614. The largest absolute Gasteiger partial charge is 0.357 e. The molecule has 0 bridgehead atoms. The zero-order valence-electron chi connectivity index (χ0n) is 15.8. The van der Waals surface area contributed by atoms with E-state index in [0.29, 0.717) is 13.0 Å². The maximum absolute atomic E-state index is 12.7. The van der Waals surface area contributed by atoms with Crippen LogP contribution in [0.5, 0.6) is 0 Å². The van der Waals surface area contributed by atoms with E-state index in [-0.39, 0.29) is 18.1 Å². The molecule has 0 amide bonds. The Morgan fingerprint density at radius 3 is 2.46 bits per heavy atom. The summed E-state index contributed by atoms with van der Waals surface area (Å²) in [7, 11) is 0. The van der Waals surface area contributed by atoms with Gasteiger partial charge in [-0.15, -0.1) is 0 Å². The molecule has 0 aromatic heterocycles. The summed E-state index contributed by atoms with van der Waals surface area (Å²) in [6.07, 6.45) is 1.43. The van der Waals surface area contributed by atoms with Crippen molar-refractivity contribution in [2.45, 2.75) is 25.1 Å². The quantitative estimate of drug-likeness (QED) is 0.614. The highest BCUT2D eigenvalue weighted by molar-refractivity contribution is 5.96. The molecule has 0 spiro atoms. The van der Waals surface area contributed by atoms with Crippen molar-refractivity contribution in [2.75, 3.05) is 13.2 Å². The SMILES string of the molecule is O=C(CC1COC2c3c(cccc3-c3ccccc3)CCN12)c1ccccc1. The number of carbonyl (C=O) groups is 1. The smallest absolute Gasteiger partial charge is 0.164 e. The lowest BCUT2D eigenvalue weighted by atomic mass is 9.89. The summed E-state index contributed by atoms with van der Waals surface area (Å²) < 4.78 is 6.27. The van der Waals surface area contributed by atoms with Gasteiger partial charge in [-0.3, -0.25) is 9.69 Å². The Labute approximate surface area is 165 Å². The highest BCUT2D eigenvalue weighted by atomic mass is 16.5. The number of ether oxygens (including phenoxy) is 1. The number of fused-ring (bicyclic) bond motifs is 3. The number of benzene rings is 3. The van der Waals surface area contributed by atoms with Crippen LogP contribution in [0.2, 0.25) is 0 Å². The number of Topliss-reactive ketones (excluding diaryl/α,β-unsaturated/α-hetero) is 1. The fraction of sp³-hybridized carbons (Fsp3) is 0.240. The van der Waals surface area contributed by atoms with Crippen molar-refractivity contribution in [1.82, 2.24) is 4.90 Å². The molecular formula is C25H23NO2. The molecule has 3 aromatic carbocycles. The molecule has 2 aliphatic rings. The molecular weight excluding hydrogens is 346 g/mol. The van der Waals surface area contributed by atoms with Gasteiger partial charge in [-0.25, -0.2) is 0 Å². The zero-order valence-corrected chi connectivity index (χ0v) is 15.8. The van der Waals surface area contributed by atoms with Crippen molar-refractivity contribution in [3.05, 3.63) is 95.6 Å². The van der Waals surface area contributed by atoms with Gasteiger partial charge in [0.2, 0.25) is 0 Å². The Bertz CT molecular complexity index is 984. The van der Waals surface area contributed by atoms with Crippen molar-refractivity contribution in [2.24, 2.45) is 0 Å². The second kappa shape index (κ2) is 7.34. The molecule has 1 saturated heterocycles. The van der Waals surface area contributed by atoms with Crippen molar-refractivity contribution < 1.29 is 9.53 Å². The van der Waals surface area contributed by atoms with Gasteiger partial charge in [0, 0.05) is 30.1 Å². The van der Waals surface area contributed by atoms with Gasteiger partial charge in [-0.1, -0.05) is 78.9 Å². The van der Waals surface area contributed by atoms with Gasteiger partial charge in [0.15, 0.2) is 5.78 Å². The topological polar surface area (TPSA) is 29.5 Å². The lowest BCUT2D eigenvalue weighted by Crippen LogP contribution is -2.39. The second-order valence-electron chi connectivity index (χ2n) is 7.57. The number of ketones is 1. The van der Waals surface area contributed by atoms with E-state index in [1.165, 1.54) is 22.3 Å². The van der Waals surface area contributed by atoms with Crippen LogP contribution in [0.3, 0.4) is 0 Å². The summed E-state index contributed by atoms with van der Waals surface area (Å²) in [6.45, 7) is 1.54. The summed E-state index contributed by atoms with van der Waals surface area (Å²) in [5, 5.41) is 0. The molecule has 3 aromatic rings. The summed E-state index contributed by atoms with van der Waals surface area (Å²) in [4.78, 5) is 15.1. The van der Waals surface area contributed by atoms with Gasteiger partial charge in [-0.05, 0) is 23.1 Å². The predicted molar refractivity (Wildman–Crippen MR) is 110 cm³/mol. The second-order valence-corrected chi connectivity index (χ2v) is 7.57. The minimum absolute atomic E-state index is 0.0614. The number of rotatable bonds is 4. The van der Waals surface area contributed by atoms with Crippen LogP contribution in [0, 0.1) is 0 Å². The third-order valence-electron chi connectivity index (χ3n) is 5.90. The van der Waals surface area contributed by atoms with E-state index in [1.807, 2.05) is 36.4 Å². The van der Waals surface area contributed by atoms with E-state index in [0.717, 1.165) is 18.5 Å². The molecule has 2 heterocycles. The van der Waals surface area contributed by atoms with Crippen LogP contribution in [-0.4, -0.2) is 29.9 Å². The van der Waals surface area contributed by atoms with Crippen LogP contribution < -0.4 is 0 Å². The zero-order chi connectivity index (χ0) is 18.9. The Kier molecular flexibility index (Phi) is 4.55. The summed E-state index contributed by atoms with van der Waals surface area (Å²) in [5.74, 6) is 0.192. The van der Waals surface area contributed by atoms with Gasteiger partial charge in [0.05, 0.1) is 6.61 Å². The van der Waals surface area contributed by atoms with E-state index in [9.17, 15) is 4.79 Å². The molecule has 140 valence electrons. The Morgan fingerprint density at radius 2 is 1.68 bits per heavy atom. The van der Waals surface area contributed by atoms with E-state index in [1.54, 1.807) is 0 Å². The van der Waals surface area contributed by atoms with Crippen LogP contribution in [0.15, 0.2) is 78.9 Å². The van der Waals surface area contributed by atoms with Crippen LogP contribution in [-0.2, 0) is 11.2 Å². The third-order valence-corrected chi connectivity index (χ3v) is 5.90. The van der Waals surface area contributed by atoms with Crippen molar-refractivity contribution in [3.63, 3.8) is 0 Å². The molecule has 2 atom stereocenters. The predicted octanol–water partition coefficient (Wildman–Crippen LogP) is 4.88. The van der Waals surface area contributed by atoms with E-state index in [2.05, 4.69) is 47.4 Å². The molecule has 0 N–H and O–H groups in total. The molecule has 0 saturated carbocycles. The highest BCUT2D eigenvalue weighted by Gasteiger charge is 2.40. The van der Waals surface area contributed by atoms with Crippen LogP contribution in [0.25, 0.3) is 11.1 Å². The standard InChI is InChI=1S/C25H23NO2/c27-23(19-10-5-2-6-11-19)16-21-17-28-25-24-20(14-15-26(21)25)12-7-13-22(24)18-8-3-1-4-9-18/h1-13,21,25H,14-17H2. The first-order chi connectivity index (χ1) is 13.8. The third kappa shape index (κ3) is 3.07. The number of carbonyl (C=O) groups excluding carboxylic acids is 1. The molecule has 1 fully saturated rings. The van der Waals surface area contributed by atoms with Gasteiger partial charge >= 0.3 is 0 Å². The van der Waals surface area contributed by atoms with Gasteiger partial charge in [0.25, 0.3) is 0 Å². The maximum Gasteiger partial charge on any atom is 0.164 e. The van der Waals surface area contributed by atoms with Gasteiger partial charge in [0.1, 0.15) is 6.23 Å². The molecule has 2 aliphatic heterocycles. The average Bonchev–Trinajstić information content (AvgIpc) is 3.17. The Hall–Kier alpha value is -2.75. The number of hydrogen-bond donors (Lipinski definition) is 0. The molecule has 28 heavy (non-hydrogen) atoms. The van der Waals surface area contributed by atoms with Crippen molar-refractivity contribution in [3.8, 4) is 11.1 Å².